The average Bonchev–Trinajstić information content (AvgIpc) is 0.907. The van der Waals surface area contributed by atoms with Gasteiger partial charge in [0.25, 0.3) is 0 Å². The molecule has 0 radical (unpaired) electrons. The molecule has 0 aromatic rings. The monoisotopic (exact) mass is 1470 g/mol. The second kappa shape index (κ2) is 74.2. The van der Waals surface area contributed by atoms with E-state index in [9.17, 15) is 43.2 Å². The van der Waals surface area contributed by atoms with Gasteiger partial charge in [-0.25, -0.2) is 9.13 Å². The number of carbonyl (C=O) groups excluding carboxylic acids is 4. The van der Waals surface area contributed by atoms with Gasteiger partial charge in [-0.3, -0.25) is 37.3 Å². The van der Waals surface area contributed by atoms with E-state index in [1.54, 1.807) is 12.2 Å². The molecule has 0 aliphatic heterocycles. The van der Waals surface area contributed by atoms with Crippen LogP contribution >= 0.6 is 15.6 Å². The Morgan fingerprint density at radius 1 is 0.294 bits per heavy atom. The predicted octanol–water partition coefficient (Wildman–Crippen LogP) is 22.7. The van der Waals surface area contributed by atoms with E-state index in [1.807, 2.05) is 12.2 Å². The van der Waals surface area contributed by atoms with Gasteiger partial charge in [-0.05, 0) is 141 Å². The SMILES string of the molecule is CC/C=C\C/C=C\C/C=C\C/C=C\C/C=C\CC(=O)OC(COC(=O)CCCCCCCCC/C=C\C/C=C\C/C=C\CC)COP(=O)(O)OCC(O)COP(=O)(O)OCC(COC(=O)CCCCCCCCC/C=C\C/C=C\C/C=C\CC)OC(=O)CCCCCCC/C=C\CCCCCC. The van der Waals surface area contributed by atoms with Crippen molar-refractivity contribution >= 4 is 39.5 Å². The van der Waals surface area contributed by atoms with Crippen LogP contribution < -0.4 is 0 Å². The van der Waals surface area contributed by atoms with Crippen LogP contribution in [0.4, 0.5) is 0 Å². The smallest absolute Gasteiger partial charge is 0.462 e. The van der Waals surface area contributed by atoms with Crippen molar-refractivity contribution in [2.45, 2.75) is 316 Å². The summed E-state index contributed by atoms with van der Waals surface area (Å²) in [4.78, 5) is 72.9. The van der Waals surface area contributed by atoms with Crippen LogP contribution in [0.2, 0.25) is 0 Å². The summed E-state index contributed by atoms with van der Waals surface area (Å²) in [5, 5.41) is 10.6. The zero-order valence-electron chi connectivity index (χ0n) is 63.5. The molecule has 3 N–H and O–H groups in total. The van der Waals surface area contributed by atoms with Gasteiger partial charge in [0.2, 0.25) is 0 Å². The topological polar surface area (TPSA) is 237 Å². The fourth-order valence-corrected chi connectivity index (χ4v) is 11.5. The molecule has 19 heteroatoms. The number of allylic oxidation sites excluding steroid dienone is 23. The lowest BCUT2D eigenvalue weighted by atomic mass is 10.1. The molecule has 582 valence electrons. The van der Waals surface area contributed by atoms with Crippen molar-refractivity contribution in [2.24, 2.45) is 0 Å². The van der Waals surface area contributed by atoms with Gasteiger partial charge in [0.15, 0.2) is 12.2 Å². The molecule has 0 fully saturated rings. The van der Waals surface area contributed by atoms with Crippen LogP contribution in [0.25, 0.3) is 0 Å². The minimum absolute atomic E-state index is 0.0769. The maximum Gasteiger partial charge on any atom is 0.472 e. The molecular weight excluding hydrogens is 1330 g/mol. The first-order valence-electron chi connectivity index (χ1n) is 39.1. The lowest BCUT2D eigenvalue weighted by Gasteiger charge is -2.21. The number of hydrogen-bond donors (Lipinski definition) is 3. The van der Waals surface area contributed by atoms with Gasteiger partial charge in [-0.1, -0.05) is 276 Å². The fraction of sp³-hybridized carbons (Fsp3) is 0.663. The van der Waals surface area contributed by atoms with Crippen LogP contribution in [0.1, 0.15) is 297 Å². The molecule has 5 unspecified atom stereocenters. The molecule has 0 spiro atoms. The molecule has 0 amide bonds. The van der Waals surface area contributed by atoms with Crippen molar-refractivity contribution in [3.8, 4) is 0 Å². The Labute approximate surface area is 617 Å². The Balaban J connectivity index is 5.43. The summed E-state index contributed by atoms with van der Waals surface area (Å²) < 4.78 is 68.4. The maximum absolute atomic E-state index is 13.1. The standard InChI is InChI=1S/C83H138O17P2/c1-5-9-13-17-21-25-29-33-36-38-41-44-47-51-55-59-63-67-80(85)93-73-78(99-82(87)69-65-61-57-53-49-43-32-28-24-20-16-12-8-4)75-97-101(89,90)95-71-77(84)72-96-102(91,92)98-76-79(100-83(88)70-66-62-58-54-50-46-40-35-31-27-23-19-15-11-7-3)74-94-81(86)68-64-60-56-52-48-45-42-39-37-34-30-26-22-18-14-10-6-2/h9-11,13-15,21-23,25-28,32-37,40,50,54,62,66,77-79,84H,5-8,12,16-20,24,29-31,38-39,41-49,51-53,55-61,63-65,67-76H2,1-4H3,(H,89,90)(H,91,92)/b13-9-,14-10-,15-11-,25-21-,26-22-,27-23-,32-28-,36-33-,37-34-,40-35-,54-50-,66-62-. The summed E-state index contributed by atoms with van der Waals surface area (Å²) in [7, 11) is -10.00. The molecular formula is C83H138O17P2. The molecule has 5 atom stereocenters. The maximum atomic E-state index is 13.1. The summed E-state index contributed by atoms with van der Waals surface area (Å²) in [5.41, 5.74) is 0. The van der Waals surface area contributed by atoms with E-state index in [0.717, 1.165) is 193 Å². The number of phosphoric acid groups is 2. The van der Waals surface area contributed by atoms with Crippen molar-refractivity contribution in [3.05, 3.63) is 146 Å². The van der Waals surface area contributed by atoms with Gasteiger partial charge in [-0.2, -0.15) is 0 Å². The van der Waals surface area contributed by atoms with Gasteiger partial charge < -0.3 is 33.8 Å². The van der Waals surface area contributed by atoms with Gasteiger partial charge in [0, 0.05) is 19.3 Å². The summed E-state index contributed by atoms with van der Waals surface area (Å²) in [6, 6.07) is 0. The second-order valence-electron chi connectivity index (χ2n) is 25.5. The molecule has 17 nitrogen and oxygen atoms in total. The van der Waals surface area contributed by atoms with Gasteiger partial charge in [0.05, 0.1) is 32.8 Å². The number of phosphoric ester groups is 2. The van der Waals surface area contributed by atoms with Gasteiger partial charge >= 0.3 is 39.5 Å². The molecule has 0 rings (SSSR count). The highest BCUT2D eigenvalue weighted by atomic mass is 31.2. The fourth-order valence-electron chi connectivity index (χ4n) is 9.97. The molecule has 0 bridgehead atoms. The van der Waals surface area contributed by atoms with E-state index in [0.29, 0.717) is 25.7 Å². The van der Waals surface area contributed by atoms with Crippen LogP contribution in [0, 0.1) is 0 Å². The number of aliphatic hydroxyl groups excluding tert-OH is 1. The first kappa shape index (κ1) is 96.9. The number of hydrogen-bond acceptors (Lipinski definition) is 15. The van der Waals surface area contributed by atoms with Crippen molar-refractivity contribution in [3.63, 3.8) is 0 Å². The van der Waals surface area contributed by atoms with Crippen LogP contribution in [0.15, 0.2) is 146 Å². The van der Waals surface area contributed by atoms with Crippen molar-refractivity contribution in [2.75, 3.05) is 39.6 Å². The molecule has 0 aromatic carbocycles. The van der Waals surface area contributed by atoms with E-state index in [1.165, 1.54) is 25.7 Å². The molecule has 0 saturated carbocycles. The second-order valence-corrected chi connectivity index (χ2v) is 28.4. The number of rotatable bonds is 72. The van der Waals surface area contributed by atoms with E-state index in [-0.39, 0.29) is 25.7 Å². The predicted molar refractivity (Wildman–Crippen MR) is 417 cm³/mol. The van der Waals surface area contributed by atoms with Crippen molar-refractivity contribution in [1.82, 2.24) is 0 Å². The van der Waals surface area contributed by atoms with E-state index < -0.39 is 97.5 Å². The van der Waals surface area contributed by atoms with E-state index in [4.69, 9.17) is 37.0 Å². The third-order valence-electron chi connectivity index (χ3n) is 15.8. The highest BCUT2D eigenvalue weighted by Crippen LogP contribution is 2.45. The molecule has 0 aliphatic carbocycles. The lowest BCUT2D eigenvalue weighted by Crippen LogP contribution is -2.30. The minimum Gasteiger partial charge on any atom is -0.462 e. The molecule has 102 heavy (non-hydrogen) atoms. The Bertz CT molecular complexity index is 2510. The zero-order chi connectivity index (χ0) is 74.6. The third kappa shape index (κ3) is 73.3. The van der Waals surface area contributed by atoms with E-state index >= 15 is 0 Å². The number of ether oxygens (including phenoxy) is 4. The highest BCUT2D eigenvalue weighted by Gasteiger charge is 2.30. The number of carbonyl (C=O) groups is 4. The number of esters is 4. The molecule has 0 heterocycles. The Kier molecular flexibility index (Phi) is 70.5. The number of unbranched alkanes of at least 4 members (excludes halogenated alkanes) is 23. The lowest BCUT2D eigenvalue weighted by molar-refractivity contribution is -0.161. The van der Waals surface area contributed by atoms with Crippen molar-refractivity contribution < 1.29 is 80.2 Å². The Morgan fingerprint density at radius 3 is 0.882 bits per heavy atom. The quantitative estimate of drug-likeness (QED) is 0.0169. The number of aliphatic hydroxyl groups is 1. The minimum atomic E-state index is -5.01. The summed E-state index contributed by atoms with van der Waals surface area (Å²) in [6.07, 6.45) is 84.3. The van der Waals surface area contributed by atoms with Crippen LogP contribution in [-0.2, 0) is 65.4 Å². The summed E-state index contributed by atoms with van der Waals surface area (Å²) >= 11 is 0. The van der Waals surface area contributed by atoms with Crippen molar-refractivity contribution in [1.29, 1.82) is 0 Å². The Morgan fingerprint density at radius 2 is 0.549 bits per heavy atom. The molecule has 0 saturated heterocycles. The van der Waals surface area contributed by atoms with E-state index in [2.05, 4.69) is 149 Å². The normalized spacial score (nSPS) is 14.7. The van der Waals surface area contributed by atoms with Gasteiger partial charge in [0.1, 0.15) is 19.3 Å². The van der Waals surface area contributed by atoms with Gasteiger partial charge in [-0.15, -0.1) is 0 Å². The van der Waals surface area contributed by atoms with Crippen LogP contribution in [0.3, 0.4) is 0 Å². The third-order valence-corrected chi connectivity index (χ3v) is 17.7. The summed E-state index contributed by atoms with van der Waals surface area (Å²) in [6.45, 7) is 4.38. The molecule has 0 aromatic heterocycles. The summed E-state index contributed by atoms with van der Waals surface area (Å²) in [5.74, 6) is -2.36. The van der Waals surface area contributed by atoms with Crippen LogP contribution in [-0.4, -0.2) is 96.7 Å². The largest absolute Gasteiger partial charge is 0.472 e. The zero-order valence-corrected chi connectivity index (χ0v) is 65.3. The highest BCUT2D eigenvalue weighted by molar-refractivity contribution is 7.47. The first-order chi connectivity index (χ1) is 49.7. The average molecular weight is 1470 g/mol. The Hall–Kier alpha value is -5.06. The van der Waals surface area contributed by atoms with Crippen LogP contribution in [0.5, 0.6) is 0 Å². The first-order valence-corrected chi connectivity index (χ1v) is 42.1. The molecule has 0 aliphatic rings.